The van der Waals surface area contributed by atoms with Crippen LogP contribution < -0.4 is 26.4 Å². The standard InChI is InChI=1S/C65H67BN2O/c1-40-31-55-58-56(32-40)68(47-34-43(41-19-15-13-16-20-41)33-44(35-47)42-21-17-14-18-22-42)59-48-36-49-52(65(11,12)30-27-62(49,5)6)39-57(48)69-60(59)66(58)53-37-50-51(64(9,10)29-28-63(50,7)8)38-54(53)67(55)46-25-23-45(24-26-46)61(2,3)4/h13-26,31-39H,27-30H2,1-12H3. The van der Waals surface area contributed by atoms with E-state index in [1.807, 2.05) is 0 Å². The molecule has 0 spiro atoms. The van der Waals surface area contributed by atoms with Gasteiger partial charge in [-0.05, 0) is 187 Å². The molecule has 12 rings (SSSR count). The normalized spacial score (nSPS) is 18.0. The number of anilines is 6. The van der Waals surface area contributed by atoms with E-state index in [4.69, 9.17) is 4.42 Å². The Morgan fingerprint density at radius 1 is 0.478 bits per heavy atom. The average molecular weight is 903 g/mol. The zero-order chi connectivity index (χ0) is 48.2. The van der Waals surface area contributed by atoms with Crippen molar-refractivity contribution in [3.63, 3.8) is 0 Å². The summed E-state index contributed by atoms with van der Waals surface area (Å²) in [6, 6.07) is 53.6. The van der Waals surface area contributed by atoms with Crippen molar-refractivity contribution in [3.05, 3.63) is 173 Å². The third kappa shape index (κ3) is 6.82. The highest BCUT2D eigenvalue weighted by Crippen LogP contribution is 2.54. The predicted molar refractivity (Wildman–Crippen MR) is 295 cm³/mol. The van der Waals surface area contributed by atoms with E-state index in [0.717, 1.165) is 48.3 Å². The van der Waals surface area contributed by atoms with E-state index in [0.29, 0.717) is 0 Å². The van der Waals surface area contributed by atoms with Crippen molar-refractivity contribution >= 4 is 68.4 Å². The van der Waals surface area contributed by atoms with Crippen molar-refractivity contribution in [2.75, 3.05) is 9.80 Å². The molecule has 4 aliphatic rings. The molecule has 4 heteroatoms. The van der Waals surface area contributed by atoms with Gasteiger partial charge >= 0.3 is 0 Å². The summed E-state index contributed by atoms with van der Waals surface area (Å²) in [5, 5.41) is 1.19. The second-order valence-electron chi connectivity index (χ2n) is 24.8. The number of furan rings is 1. The fraction of sp³-hybridized carbons (Fsp3) is 0.323. The Morgan fingerprint density at radius 3 is 1.51 bits per heavy atom. The highest BCUT2D eigenvalue weighted by Gasteiger charge is 2.50. The lowest BCUT2D eigenvalue weighted by Crippen LogP contribution is -2.61. The summed E-state index contributed by atoms with van der Waals surface area (Å²) >= 11 is 0. The lowest BCUT2D eigenvalue weighted by atomic mass is 9.35. The van der Waals surface area contributed by atoms with Gasteiger partial charge in [-0.25, -0.2) is 0 Å². The van der Waals surface area contributed by atoms with Crippen molar-refractivity contribution < 1.29 is 4.42 Å². The van der Waals surface area contributed by atoms with Crippen molar-refractivity contribution in [2.45, 2.75) is 136 Å². The number of aryl methyl sites for hydroxylation is 1. The van der Waals surface area contributed by atoms with Gasteiger partial charge in [0.05, 0.1) is 11.3 Å². The molecule has 0 unspecified atom stereocenters. The highest BCUT2D eigenvalue weighted by atomic mass is 16.3. The van der Waals surface area contributed by atoms with Crippen LogP contribution in [0.5, 0.6) is 0 Å². The molecule has 0 saturated heterocycles. The molecule has 3 nitrogen and oxygen atoms in total. The first-order valence-corrected chi connectivity index (χ1v) is 25.6. The molecule has 2 aliphatic heterocycles. The lowest BCUT2D eigenvalue weighted by Gasteiger charge is -2.46. The van der Waals surface area contributed by atoms with E-state index < -0.39 is 0 Å². The van der Waals surface area contributed by atoms with E-state index in [9.17, 15) is 0 Å². The van der Waals surface area contributed by atoms with Gasteiger partial charge in [0.15, 0.2) is 0 Å². The van der Waals surface area contributed by atoms with Crippen LogP contribution in [0.1, 0.15) is 135 Å². The van der Waals surface area contributed by atoms with Gasteiger partial charge in [-0.2, -0.15) is 0 Å². The van der Waals surface area contributed by atoms with E-state index >= 15 is 0 Å². The van der Waals surface area contributed by atoms with Gasteiger partial charge in [0.2, 0.25) is 0 Å². The number of rotatable bonds is 4. The molecule has 7 aromatic carbocycles. The zero-order valence-corrected chi connectivity index (χ0v) is 43.0. The molecule has 0 bridgehead atoms. The summed E-state index contributed by atoms with van der Waals surface area (Å²) in [7, 11) is 0. The number of benzene rings is 7. The largest absolute Gasteiger partial charge is 0.468 e. The third-order valence-electron chi connectivity index (χ3n) is 17.1. The van der Waals surface area contributed by atoms with E-state index in [1.165, 1.54) is 94.7 Å². The Labute approximate surface area is 411 Å². The van der Waals surface area contributed by atoms with Gasteiger partial charge < -0.3 is 14.2 Å². The number of hydrogen-bond donors (Lipinski definition) is 0. The van der Waals surface area contributed by atoms with Crippen LogP contribution >= 0.6 is 0 Å². The highest BCUT2D eigenvalue weighted by molar-refractivity contribution is 7.00. The maximum atomic E-state index is 7.71. The second-order valence-corrected chi connectivity index (χ2v) is 24.8. The Morgan fingerprint density at radius 2 is 0.971 bits per heavy atom. The summed E-state index contributed by atoms with van der Waals surface area (Å²) in [6.45, 7) is 28.7. The van der Waals surface area contributed by atoms with Crippen LogP contribution in [0.3, 0.4) is 0 Å². The number of nitrogens with zero attached hydrogens (tertiary/aromatic N) is 2. The molecule has 0 amide bonds. The van der Waals surface area contributed by atoms with Crippen LogP contribution in [0, 0.1) is 6.92 Å². The Balaban J connectivity index is 1.22. The van der Waals surface area contributed by atoms with Crippen molar-refractivity contribution in [2.24, 2.45) is 0 Å². The monoisotopic (exact) mass is 903 g/mol. The summed E-state index contributed by atoms with van der Waals surface area (Å²) in [4.78, 5) is 5.21. The van der Waals surface area contributed by atoms with Crippen LogP contribution in [0.2, 0.25) is 0 Å². The van der Waals surface area contributed by atoms with Gasteiger partial charge in [-0.15, -0.1) is 0 Å². The molecule has 8 aromatic rings. The molecule has 2 aliphatic carbocycles. The summed E-state index contributed by atoms with van der Waals surface area (Å²) in [5.41, 5.74) is 25.1. The van der Waals surface area contributed by atoms with E-state index in [-0.39, 0.29) is 33.8 Å². The topological polar surface area (TPSA) is 19.6 Å². The lowest BCUT2D eigenvalue weighted by molar-refractivity contribution is 0.332. The maximum absolute atomic E-state index is 7.71. The number of hydrogen-bond acceptors (Lipinski definition) is 3. The van der Waals surface area contributed by atoms with Crippen LogP contribution in [0.15, 0.2) is 144 Å². The molecule has 0 radical (unpaired) electrons. The average Bonchev–Trinajstić information content (AvgIpc) is 3.69. The quantitative estimate of drug-likeness (QED) is 0.164. The Bertz CT molecular complexity index is 3320. The van der Waals surface area contributed by atoms with Crippen molar-refractivity contribution in [1.29, 1.82) is 0 Å². The maximum Gasteiger partial charge on any atom is 0.297 e. The molecule has 3 heterocycles. The van der Waals surface area contributed by atoms with E-state index in [1.54, 1.807) is 0 Å². The minimum absolute atomic E-state index is 0.0226. The molecule has 0 N–H and O–H groups in total. The van der Waals surface area contributed by atoms with Gasteiger partial charge in [0, 0.05) is 33.8 Å². The summed E-state index contributed by atoms with van der Waals surface area (Å²) < 4.78 is 7.71. The molecule has 1 aromatic heterocycles. The van der Waals surface area contributed by atoms with Crippen LogP contribution in [0.25, 0.3) is 33.2 Å². The number of fused-ring (bicyclic) bond motifs is 8. The molecule has 0 saturated carbocycles. The summed E-state index contributed by atoms with van der Waals surface area (Å²) in [5.74, 6) is 0. The molecule has 0 atom stereocenters. The first-order chi connectivity index (χ1) is 32.7. The van der Waals surface area contributed by atoms with Crippen LogP contribution in [-0.2, 0) is 27.1 Å². The Kier molecular flexibility index (Phi) is 9.48. The van der Waals surface area contributed by atoms with Crippen LogP contribution in [0.4, 0.5) is 34.1 Å². The SMILES string of the molecule is Cc1cc2c3c(c1)N(c1cc(-c4ccccc4)cc(-c4ccccc4)c1)c1c(oc4cc5c(cc14)C(C)(C)CCC5(C)C)B3c1cc3c(cc1N2c1ccc(C(C)(C)C)cc1)C(C)(C)CCC3(C)C. The second kappa shape index (κ2) is 14.9. The van der Waals surface area contributed by atoms with Gasteiger partial charge in [-0.3, -0.25) is 0 Å². The fourth-order valence-corrected chi connectivity index (χ4v) is 12.7. The van der Waals surface area contributed by atoms with Gasteiger partial charge in [0.1, 0.15) is 5.58 Å². The molecule has 0 fully saturated rings. The Hall–Kier alpha value is -6.26. The first-order valence-electron chi connectivity index (χ1n) is 25.6. The molecular formula is C65H67BN2O. The molecular weight excluding hydrogens is 836 g/mol. The first kappa shape index (κ1) is 44.0. The third-order valence-corrected chi connectivity index (χ3v) is 17.1. The van der Waals surface area contributed by atoms with Crippen molar-refractivity contribution in [3.8, 4) is 22.3 Å². The molecule has 69 heavy (non-hydrogen) atoms. The fourth-order valence-electron chi connectivity index (χ4n) is 12.7. The summed E-state index contributed by atoms with van der Waals surface area (Å²) in [6.07, 6.45) is 4.60. The smallest absolute Gasteiger partial charge is 0.297 e. The predicted octanol–water partition coefficient (Wildman–Crippen LogP) is 16.2. The van der Waals surface area contributed by atoms with Crippen molar-refractivity contribution in [1.82, 2.24) is 0 Å². The minimum atomic E-state index is -0.135. The minimum Gasteiger partial charge on any atom is -0.468 e. The molecule has 346 valence electrons. The van der Waals surface area contributed by atoms with Crippen LogP contribution in [-0.4, -0.2) is 6.71 Å². The van der Waals surface area contributed by atoms with Gasteiger partial charge in [0.25, 0.3) is 6.71 Å². The zero-order valence-electron chi connectivity index (χ0n) is 43.0. The van der Waals surface area contributed by atoms with E-state index in [2.05, 4.69) is 232 Å². The van der Waals surface area contributed by atoms with Gasteiger partial charge in [-0.1, -0.05) is 155 Å².